The van der Waals surface area contributed by atoms with E-state index in [0.29, 0.717) is 6.54 Å². The second kappa shape index (κ2) is 8.54. The van der Waals surface area contributed by atoms with Crippen molar-refractivity contribution in [3.05, 3.63) is 85.8 Å². The fourth-order valence-corrected chi connectivity index (χ4v) is 3.83. The Morgan fingerprint density at radius 3 is 2.80 bits per heavy atom. The van der Waals surface area contributed by atoms with Gasteiger partial charge in [0.25, 0.3) is 5.56 Å². The summed E-state index contributed by atoms with van der Waals surface area (Å²) in [6.45, 7) is 0.707. The Hall–Kier alpha value is -3.39. The smallest absolute Gasteiger partial charge is 0.335 e. The molecule has 0 bridgehead atoms. The molecule has 1 fully saturated rings. The van der Waals surface area contributed by atoms with Crippen LogP contribution in [0.2, 0.25) is 5.02 Å². The number of H-pyrrole nitrogens is 1. The second-order valence-corrected chi connectivity index (χ2v) is 7.40. The molecule has 0 saturated carbocycles. The number of aromatic hydroxyl groups is 1. The molecule has 8 nitrogen and oxygen atoms in total. The fourth-order valence-electron chi connectivity index (χ4n) is 3.61. The minimum atomic E-state index is -0.783. The lowest BCUT2D eigenvalue weighted by Crippen LogP contribution is -2.32. The lowest BCUT2D eigenvalue weighted by molar-refractivity contribution is 0.156. The summed E-state index contributed by atoms with van der Waals surface area (Å²) in [6.07, 6.45) is 7.75. The van der Waals surface area contributed by atoms with Crippen LogP contribution in [0.5, 0.6) is 5.88 Å². The molecule has 3 heterocycles. The molecule has 0 radical (unpaired) electrons. The van der Waals surface area contributed by atoms with Gasteiger partial charge in [0.15, 0.2) is 0 Å². The van der Waals surface area contributed by atoms with Gasteiger partial charge in [0.1, 0.15) is 5.56 Å². The van der Waals surface area contributed by atoms with Crippen molar-refractivity contribution in [2.45, 2.75) is 25.3 Å². The highest BCUT2D eigenvalue weighted by molar-refractivity contribution is 6.32. The fraction of sp³-hybridized carbons (Fsp3) is 0.238. The summed E-state index contributed by atoms with van der Waals surface area (Å²) in [6, 6.07) is 10.4. The van der Waals surface area contributed by atoms with E-state index in [2.05, 4.69) is 15.1 Å². The van der Waals surface area contributed by atoms with Gasteiger partial charge in [0, 0.05) is 18.9 Å². The van der Waals surface area contributed by atoms with Crippen molar-refractivity contribution in [2.75, 3.05) is 6.54 Å². The third kappa shape index (κ3) is 3.86. The third-order valence-electron chi connectivity index (χ3n) is 5.09. The molecule has 0 spiro atoms. The number of hydrogen-bond donors (Lipinski definition) is 2. The predicted molar refractivity (Wildman–Crippen MR) is 114 cm³/mol. The first-order chi connectivity index (χ1) is 14.6. The van der Waals surface area contributed by atoms with E-state index in [0.717, 1.165) is 29.4 Å². The minimum Gasteiger partial charge on any atom is -0.493 e. The number of aromatic amines is 1. The first-order valence-corrected chi connectivity index (χ1v) is 9.98. The van der Waals surface area contributed by atoms with E-state index >= 15 is 0 Å². The van der Waals surface area contributed by atoms with Gasteiger partial charge < -0.3 is 5.11 Å². The monoisotopic (exact) mass is 425 g/mol. The van der Waals surface area contributed by atoms with Gasteiger partial charge in [0.05, 0.1) is 23.0 Å². The van der Waals surface area contributed by atoms with Crippen LogP contribution in [-0.4, -0.2) is 37.4 Å². The Labute approximate surface area is 177 Å². The lowest BCUT2D eigenvalue weighted by atomic mass is 9.98. The predicted octanol–water partition coefficient (Wildman–Crippen LogP) is 2.84. The third-order valence-corrected chi connectivity index (χ3v) is 5.41. The van der Waals surface area contributed by atoms with E-state index in [4.69, 9.17) is 11.6 Å². The van der Waals surface area contributed by atoms with Crippen molar-refractivity contribution in [3.63, 3.8) is 0 Å². The zero-order valence-corrected chi connectivity index (χ0v) is 16.8. The van der Waals surface area contributed by atoms with Crippen molar-refractivity contribution in [2.24, 2.45) is 5.10 Å². The maximum Gasteiger partial charge on any atom is 0.335 e. The number of halogens is 1. The van der Waals surface area contributed by atoms with E-state index in [1.165, 1.54) is 6.21 Å². The highest BCUT2D eigenvalue weighted by atomic mass is 35.5. The number of hydrogen-bond acceptors (Lipinski definition) is 6. The van der Waals surface area contributed by atoms with Gasteiger partial charge in [-0.3, -0.25) is 19.8 Å². The summed E-state index contributed by atoms with van der Waals surface area (Å²) in [5.74, 6) is -0.518. The summed E-state index contributed by atoms with van der Waals surface area (Å²) in [5.41, 5.74) is -0.328. The molecule has 3 aromatic rings. The van der Waals surface area contributed by atoms with Gasteiger partial charge in [0.2, 0.25) is 5.88 Å². The zero-order chi connectivity index (χ0) is 21.1. The average Bonchev–Trinajstić information content (AvgIpc) is 2.75. The molecule has 0 amide bonds. The second-order valence-electron chi connectivity index (χ2n) is 6.99. The number of para-hydroxylation sites is 1. The number of nitrogens with zero attached hydrogens (tertiary/aromatic N) is 4. The van der Waals surface area contributed by atoms with Crippen molar-refractivity contribution in [1.29, 1.82) is 0 Å². The maximum absolute atomic E-state index is 12.4. The molecule has 2 N–H and O–H groups in total. The first-order valence-electron chi connectivity index (χ1n) is 9.60. The van der Waals surface area contributed by atoms with Gasteiger partial charge in [-0.15, -0.1) is 0 Å². The summed E-state index contributed by atoms with van der Waals surface area (Å²) in [7, 11) is 0. The summed E-state index contributed by atoms with van der Waals surface area (Å²) in [5, 5.41) is 17.3. The van der Waals surface area contributed by atoms with E-state index in [1.54, 1.807) is 36.7 Å². The molecule has 1 atom stereocenters. The summed E-state index contributed by atoms with van der Waals surface area (Å²) >= 11 is 6.17. The van der Waals surface area contributed by atoms with Crippen LogP contribution >= 0.6 is 11.6 Å². The molecule has 9 heteroatoms. The molecule has 1 aliphatic rings. The molecule has 154 valence electrons. The zero-order valence-electron chi connectivity index (χ0n) is 16.0. The number of nitrogens with one attached hydrogen (secondary N) is 1. The molecular weight excluding hydrogens is 406 g/mol. The molecule has 0 aliphatic carbocycles. The summed E-state index contributed by atoms with van der Waals surface area (Å²) in [4.78, 5) is 31.1. The van der Waals surface area contributed by atoms with Crippen LogP contribution in [-0.2, 0) is 0 Å². The van der Waals surface area contributed by atoms with Crippen LogP contribution < -0.4 is 11.2 Å². The molecule has 30 heavy (non-hydrogen) atoms. The number of benzene rings is 1. The normalized spacial score (nSPS) is 16.8. The van der Waals surface area contributed by atoms with Crippen LogP contribution in [0.4, 0.5) is 0 Å². The van der Waals surface area contributed by atoms with Gasteiger partial charge in [-0.25, -0.2) is 9.36 Å². The average molecular weight is 426 g/mol. The Bertz CT molecular complexity index is 1190. The number of aromatic nitrogens is 3. The van der Waals surface area contributed by atoms with Crippen LogP contribution in [0.25, 0.3) is 5.69 Å². The highest BCUT2D eigenvalue weighted by Crippen LogP contribution is 2.30. The van der Waals surface area contributed by atoms with Gasteiger partial charge >= 0.3 is 5.69 Å². The van der Waals surface area contributed by atoms with E-state index in [9.17, 15) is 14.7 Å². The van der Waals surface area contributed by atoms with E-state index in [1.807, 2.05) is 17.1 Å². The largest absolute Gasteiger partial charge is 0.493 e. The standard InChI is InChI=1S/C21H20ClN5O3/c22-16-7-1-2-9-18(16)27-20(29)15(19(28)25-21(27)30)13-24-26-11-4-3-8-17(26)14-6-5-10-23-12-14/h1-2,5-7,9-10,12-13,17,29H,3-4,8,11H2,(H,25,28,30)/b24-13+/t17-/m0/s1. The first kappa shape index (κ1) is 19.9. The van der Waals surface area contributed by atoms with E-state index in [-0.39, 0.29) is 22.3 Å². The quantitative estimate of drug-likeness (QED) is 0.625. The Morgan fingerprint density at radius 1 is 1.20 bits per heavy atom. The van der Waals surface area contributed by atoms with Crippen molar-refractivity contribution >= 4 is 17.8 Å². The number of pyridine rings is 1. The minimum absolute atomic E-state index is 0.0272. The molecular formula is C21H20ClN5O3. The SMILES string of the molecule is O=c1[nH]c(=O)n(-c2ccccc2Cl)c(O)c1/C=N/N1CCCC[C@H]1c1cccnc1. The molecule has 0 unspecified atom stereocenters. The van der Waals surface area contributed by atoms with Crippen molar-refractivity contribution in [1.82, 2.24) is 19.5 Å². The van der Waals surface area contributed by atoms with Gasteiger partial charge in [-0.2, -0.15) is 5.10 Å². The molecule has 2 aromatic heterocycles. The number of piperidine rings is 1. The van der Waals surface area contributed by atoms with Crippen molar-refractivity contribution in [3.8, 4) is 11.6 Å². The summed E-state index contributed by atoms with van der Waals surface area (Å²) < 4.78 is 0.958. The number of hydrazone groups is 1. The van der Waals surface area contributed by atoms with Crippen LogP contribution in [0, 0.1) is 0 Å². The van der Waals surface area contributed by atoms with Crippen LogP contribution in [0.15, 0.2) is 63.5 Å². The Morgan fingerprint density at radius 2 is 2.03 bits per heavy atom. The number of rotatable bonds is 4. The van der Waals surface area contributed by atoms with Gasteiger partial charge in [-0.1, -0.05) is 29.8 Å². The molecule has 1 aliphatic heterocycles. The lowest BCUT2D eigenvalue weighted by Gasteiger charge is -2.33. The van der Waals surface area contributed by atoms with Gasteiger partial charge in [-0.05, 0) is 43.0 Å². The maximum atomic E-state index is 12.4. The Kier molecular flexibility index (Phi) is 5.67. The van der Waals surface area contributed by atoms with Crippen LogP contribution in [0.1, 0.15) is 36.4 Å². The van der Waals surface area contributed by atoms with Crippen molar-refractivity contribution < 1.29 is 5.11 Å². The van der Waals surface area contributed by atoms with Crippen LogP contribution in [0.3, 0.4) is 0 Å². The molecule has 1 aromatic carbocycles. The topological polar surface area (TPSA) is 104 Å². The molecule has 4 rings (SSSR count). The van der Waals surface area contributed by atoms with E-state index < -0.39 is 17.1 Å². The Balaban J connectivity index is 1.73. The molecule has 1 saturated heterocycles. The highest BCUT2D eigenvalue weighted by Gasteiger charge is 2.23.